The van der Waals surface area contributed by atoms with E-state index in [0.29, 0.717) is 13.2 Å². The van der Waals surface area contributed by atoms with Crippen LogP contribution in [-0.4, -0.2) is 21.8 Å². The first-order valence-electron chi connectivity index (χ1n) is 2.68. The normalized spacial score (nSPS) is 10.5. The standard InChI is InChI=1S/C4H11ClO2Si/c1-3-6-8(5)7-4-2/h8H,3-4H2,1-2H3. The lowest BCUT2D eigenvalue weighted by atomic mass is 10.9. The van der Waals surface area contributed by atoms with Crippen LogP contribution in [0.2, 0.25) is 0 Å². The van der Waals surface area contributed by atoms with E-state index in [4.69, 9.17) is 19.9 Å². The minimum absolute atomic E-state index is 0.653. The van der Waals surface area contributed by atoms with Gasteiger partial charge in [0.15, 0.2) is 0 Å². The summed E-state index contributed by atoms with van der Waals surface area (Å²) in [5.41, 5.74) is 0. The molecule has 0 saturated carbocycles. The molecule has 50 valence electrons. The molecule has 0 saturated heterocycles. The van der Waals surface area contributed by atoms with E-state index in [9.17, 15) is 0 Å². The Bertz CT molecular complexity index is 47.3. The molecular weight excluding hydrogens is 144 g/mol. The largest absolute Gasteiger partial charge is 0.426 e. The van der Waals surface area contributed by atoms with E-state index in [-0.39, 0.29) is 0 Å². The van der Waals surface area contributed by atoms with E-state index in [1.165, 1.54) is 0 Å². The van der Waals surface area contributed by atoms with Gasteiger partial charge < -0.3 is 8.85 Å². The van der Waals surface area contributed by atoms with Crippen LogP contribution in [0, 0.1) is 0 Å². The lowest BCUT2D eigenvalue weighted by Crippen LogP contribution is -2.15. The second kappa shape index (κ2) is 5.56. The van der Waals surface area contributed by atoms with E-state index >= 15 is 0 Å². The molecule has 0 heterocycles. The van der Waals surface area contributed by atoms with E-state index in [2.05, 4.69) is 0 Å². The van der Waals surface area contributed by atoms with Crippen molar-refractivity contribution in [1.82, 2.24) is 0 Å². The minimum atomic E-state index is -1.73. The summed E-state index contributed by atoms with van der Waals surface area (Å²) < 4.78 is 9.93. The molecule has 0 bridgehead atoms. The van der Waals surface area contributed by atoms with Gasteiger partial charge in [-0.05, 0) is 13.8 Å². The zero-order valence-electron chi connectivity index (χ0n) is 5.19. The Kier molecular flexibility index (Phi) is 5.86. The maximum atomic E-state index is 5.58. The maximum absolute atomic E-state index is 5.58. The number of halogens is 1. The van der Waals surface area contributed by atoms with E-state index in [1.807, 2.05) is 13.8 Å². The van der Waals surface area contributed by atoms with Gasteiger partial charge in [-0.15, -0.1) is 11.1 Å². The number of hydrogen-bond donors (Lipinski definition) is 0. The maximum Gasteiger partial charge on any atom is 0.426 e. The SMILES string of the molecule is CCO[SiH](Cl)OCC. The van der Waals surface area contributed by atoms with Crippen LogP contribution in [0.25, 0.3) is 0 Å². The van der Waals surface area contributed by atoms with Gasteiger partial charge >= 0.3 is 8.59 Å². The smallest absolute Gasteiger partial charge is 0.386 e. The van der Waals surface area contributed by atoms with E-state index in [1.54, 1.807) is 0 Å². The van der Waals surface area contributed by atoms with Gasteiger partial charge in [-0.2, -0.15) is 0 Å². The third kappa shape index (κ3) is 4.58. The Morgan fingerprint density at radius 2 is 1.62 bits per heavy atom. The molecule has 0 aromatic rings. The van der Waals surface area contributed by atoms with Crippen molar-refractivity contribution < 1.29 is 8.85 Å². The summed E-state index contributed by atoms with van der Waals surface area (Å²) in [4.78, 5) is 0. The van der Waals surface area contributed by atoms with Crippen molar-refractivity contribution >= 4 is 19.7 Å². The highest BCUT2D eigenvalue weighted by atomic mass is 35.6. The summed E-state index contributed by atoms with van der Waals surface area (Å²) in [7, 11) is -1.73. The third-order valence-electron chi connectivity index (χ3n) is 0.595. The highest BCUT2D eigenvalue weighted by molar-refractivity contribution is 6.99. The van der Waals surface area contributed by atoms with Crippen LogP contribution in [0.5, 0.6) is 0 Å². The lowest BCUT2D eigenvalue weighted by molar-refractivity contribution is 0.232. The lowest BCUT2D eigenvalue weighted by Gasteiger charge is -2.04. The van der Waals surface area contributed by atoms with Crippen molar-refractivity contribution in [2.75, 3.05) is 13.2 Å². The summed E-state index contributed by atoms with van der Waals surface area (Å²) in [6, 6.07) is 0. The molecular formula is C4H11ClO2Si. The number of hydrogen-bond acceptors (Lipinski definition) is 2. The molecule has 0 N–H and O–H groups in total. The molecule has 0 unspecified atom stereocenters. The van der Waals surface area contributed by atoms with Gasteiger partial charge in [-0.1, -0.05) is 0 Å². The second-order valence-electron chi connectivity index (χ2n) is 1.19. The first kappa shape index (κ1) is 8.43. The van der Waals surface area contributed by atoms with Gasteiger partial charge in [0.1, 0.15) is 0 Å². The summed E-state index contributed by atoms with van der Waals surface area (Å²) >= 11 is 5.58. The van der Waals surface area contributed by atoms with Crippen molar-refractivity contribution in [2.45, 2.75) is 13.8 Å². The van der Waals surface area contributed by atoms with Crippen LogP contribution in [0.1, 0.15) is 13.8 Å². The fraction of sp³-hybridized carbons (Fsp3) is 1.00. The quantitative estimate of drug-likeness (QED) is 0.445. The molecule has 0 amide bonds. The highest BCUT2D eigenvalue weighted by Gasteiger charge is 2.04. The molecule has 0 rings (SSSR count). The zero-order valence-corrected chi connectivity index (χ0v) is 7.10. The monoisotopic (exact) mass is 154 g/mol. The number of rotatable bonds is 4. The zero-order chi connectivity index (χ0) is 6.41. The molecule has 0 aliphatic carbocycles. The Balaban J connectivity index is 2.92. The first-order valence-corrected chi connectivity index (χ1v) is 5.37. The van der Waals surface area contributed by atoms with Gasteiger partial charge in [0.25, 0.3) is 0 Å². The molecule has 0 fully saturated rings. The average Bonchev–Trinajstić information content (AvgIpc) is 1.68. The van der Waals surface area contributed by atoms with Crippen LogP contribution < -0.4 is 0 Å². The molecule has 2 nitrogen and oxygen atoms in total. The summed E-state index contributed by atoms with van der Waals surface area (Å²) in [5, 5.41) is 0. The molecule has 0 spiro atoms. The summed E-state index contributed by atoms with van der Waals surface area (Å²) in [6.07, 6.45) is 0. The molecule has 0 aliphatic rings. The van der Waals surface area contributed by atoms with Crippen LogP contribution in [0.3, 0.4) is 0 Å². The fourth-order valence-electron chi connectivity index (χ4n) is 0.310. The fourth-order valence-corrected chi connectivity index (χ4v) is 1.69. The highest BCUT2D eigenvalue weighted by Crippen LogP contribution is 1.92. The Morgan fingerprint density at radius 3 is 1.88 bits per heavy atom. The predicted octanol–water partition coefficient (Wildman–Crippen LogP) is 1.02. The van der Waals surface area contributed by atoms with Crippen LogP contribution in [0.4, 0.5) is 0 Å². The van der Waals surface area contributed by atoms with Gasteiger partial charge in [0.2, 0.25) is 0 Å². The van der Waals surface area contributed by atoms with Crippen molar-refractivity contribution in [1.29, 1.82) is 0 Å². The molecule has 0 radical (unpaired) electrons. The third-order valence-corrected chi connectivity index (χ3v) is 2.54. The van der Waals surface area contributed by atoms with Gasteiger partial charge in [-0.3, -0.25) is 0 Å². The van der Waals surface area contributed by atoms with Crippen LogP contribution in [-0.2, 0) is 8.85 Å². The van der Waals surface area contributed by atoms with E-state index < -0.39 is 8.59 Å². The Labute approximate surface area is 56.3 Å². The topological polar surface area (TPSA) is 18.5 Å². The average molecular weight is 155 g/mol. The summed E-state index contributed by atoms with van der Waals surface area (Å²) in [6.45, 7) is 5.11. The molecule has 4 heteroatoms. The summed E-state index contributed by atoms with van der Waals surface area (Å²) in [5.74, 6) is 0. The van der Waals surface area contributed by atoms with Gasteiger partial charge in [0, 0.05) is 13.2 Å². The van der Waals surface area contributed by atoms with Crippen molar-refractivity contribution in [3.63, 3.8) is 0 Å². The Hall–Kier alpha value is 0.427. The van der Waals surface area contributed by atoms with Crippen molar-refractivity contribution in [3.05, 3.63) is 0 Å². The second-order valence-corrected chi connectivity index (χ2v) is 3.47. The molecule has 0 aromatic heterocycles. The molecule has 0 aromatic carbocycles. The van der Waals surface area contributed by atoms with Gasteiger partial charge in [-0.25, -0.2) is 0 Å². The van der Waals surface area contributed by atoms with Gasteiger partial charge in [0.05, 0.1) is 0 Å². The van der Waals surface area contributed by atoms with Crippen molar-refractivity contribution in [2.24, 2.45) is 0 Å². The molecule has 0 aliphatic heterocycles. The van der Waals surface area contributed by atoms with Crippen LogP contribution >= 0.6 is 11.1 Å². The molecule has 8 heavy (non-hydrogen) atoms. The van der Waals surface area contributed by atoms with Crippen LogP contribution in [0.15, 0.2) is 0 Å². The first-order chi connectivity index (χ1) is 3.81. The molecule has 0 atom stereocenters. The Morgan fingerprint density at radius 1 is 1.25 bits per heavy atom. The minimum Gasteiger partial charge on any atom is -0.386 e. The van der Waals surface area contributed by atoms with Crippen molar-refractivity contribution in [3.8, 4) is 0 Å². The van der Waals surface area contributed by atoms with E-state index in [0.717, 1.165) is 0 Å². The predicted molar refractivity (Wildman–Crippen MR) is 36.3 cm³/mol.